The summed E-state index contributed by atoms with van der Waals surface area (Å²) in [7, 11) is 0. The second kappa shape index (κ2) is 8.73. The Kier molecular flexibility index (Phi) is 5.38. The number of ether oxygens (including phenoxy) is 1. The number of nitrogens with zero attached hydrogens (tertiary/aromatic N) is 2. The van der Waals surface area contributed by atoms with Gasteiger partial charge in [0.15, 0.2) is 5.58 Å². The predicted octanol–water partition coefficient (Wildman–Crippen LogP) is 4.83. The highest BCUT2D eigenvalue weighted by molar-refractivity contribution is 6.22. The lowest BCUT2D eigenvalue weighted by atomic mass is 10.1. The van der Waals surface area contributed by atoms with Crippen molar-refractivity contribution in [2.75, 3.05) is 18.5 Å². The highest BCUT2D eigenvalue weighted by atomic mass is 16.5. The number of nitrogens with one attached hydrogen (secondary N) is 1. The number of imide groups is 1. The van der Waals surface area contributed by atoms with E-state index in [1.54, 1.807) is 24.3 Å². The summed E-state index contributed by atoms with van der Waals surface area (Å²) in [6.45, 7) is 2.87. The number of fused-ring (bicyclic) bond motifs is 2. The molecule has 0 spiro atoms. The number of rotatable bonds is 5. The fourth-order valence-corrected chi connectivity index (χ4v) is 4.73. The molecule has 1 N–H and O–H groups in total. The molecule has 1 atom stereocenters. The van der Waals surface area contributed by atoms with E-state index in [9.17, 15) is 14.4 Å². The SMILES string of the molecule is Cc1ccccc1-c1nc2cc(NC(=O)c3ccc4c(c3)C(=O)N(CC3CCCO3)C4=O)ccc2o1. The Bertz CT molecular complexity index is 1530. The molecular weight excluding hydrogens is 458 g/mol. The van der Waals surface area contributed by atoms with Gasteiger partial charge in [0.25, 0.3) is 17.7 Å². The standard InChI is InChI=1S/C28H23N3O5/c1-16-5-2-3-7-20(16)26-30-23-14-18(9-11-24(23)36-26)29-25(32)17-8-10-21-22(13-17)28(34)31(27(21)33)15-19-6-4-12-35-19/h2-3,5,7-11,13-14,19H,4,6,12,15H2,1H3,(H,29,32). The molecule has 8 heteroatoms. The molecule has 36 heavy (non-hydrogen) atoms. The molecule has 3 aromatic carbocycles. The monoisotopic (exact) mass is 481 g/mol. The molecule has 2 aliphatic rings. The van der Waals surface area contributed by atoms with Crippen LogP contribution in [-0.4, -0.2) is 46.9 Å². The van der Waals surface area contributed by atoms with E-state index >= 15 is 0 Å². The summed E-state index contributed by atoms with van der Waals surface area (Å²) in [6.07, 6.45) is 1.61. The molecule has 2 aliphatic heterocycles. The van der Waals surface area contributed by atoms with Crippen LogP contribution in [-0.2, 0) is 4.74 Å². The van der Waals surface area contributed by atoms with Crippen LogP contribution in [0, 0.1) is 6.92 Å². The third-order valence-corrected chi connectivity index (χ3v) is 6.66. The van der Waals surface area contributed by atoms with Crippen molar-refractivity contribution in [1.29, 1.82) is 0 Å². The Morgan fingerprint density at radius 1 is 1.03 bits per heavy atom. The molecule has 1 fully saturated rings. The molecule has 6 rings (SSSR count). The topological polar surface area (TPSA) is 102 Å². The fourth-order valence-electron chi connectivity index (χ4n) is 4.73. The number of aryl methyl sites for hydroxylation is 1. The summed E-state index contributed by atoms with van der Waals surface area (Å²) in [6, 6.07) is 17.6. The summed E-state index contributed by atoms with van der Waals surface area (Å²) in [5.74, 6) is -0.621. The lowest BCUT2D eigenvalue weighted by Crippen LogP contribution is -2.36. The quantitative estimate of drug-likeness (QED) is 0.410. The van der Waals surface area contributed by atoms with Gasteiger partial charge in [-0.05, 0) is 67.8 Å². The number of carbonyl (C=O) groups excluding carboxylic acids is 3. The number of hydrogen-bond acceptors (Lipinski definition) is 6. The smallest absolute Gasteiger partial charge is 0.261 e. The van der Waals surface area contributed by atoms with Crippen molar-refractivity contribution in [3.05, 3.63) is 82.9 Å². The van der Waals surface area contributed by atoms with Gasteiger partial charge in [0, 0.05) is 23.4 Å². The van der Waals surface area contributed by atoms with Crippen molar-refractivity contribution < 1.29 is 23.5 Å². The first-order valence-corrected chi connectivity index (χ1v) is 11.9. The average molecular weight is 482 g/mol. The minimum absolute atomic E-state index is 0.132. The zero-order valence-electron chi connectivity index (χ0n) is 19.6. The molecule has 180 valence electrons. The molecule has 0 bridgehead atoms. The first-order valence-electron chi connectivity index (χ1n) is 11.9. The largest absolute Gasteiger partial charge is 0.436 e. The molecule has 0 aliphatic carbocycles. The van der Waals surface area contributed by atoms with Gasteiger partial charge in [0.2, 0.25) is 5.89 Å². The normalized spacial score (nSPS) is 17.1. The van der Waals surface area contributed by atoms with Crippen LogP contribution in [0.4, 0.5) is 5.69 Å². The first kappa shape index (κ1) is 22.2. The van der Waals surface area contributed by atoms with E-state index in [1.807, 2.05) is 31.2 Å². The lowest BCUT2D eigenvalue weighted by Gasteiger charge is -2.17. The van der Waals surface area contributed by atoms with Gasteiger partial charge < -0.3 is 14.5 Å². The number of amides is 3. The summed E-state index contributed by atoms with van der Waals surface area (Å²) < 4.78 is 11.5. The highest BCUT2D eigenvalue weighted by Crippen LogP contribution is 2.29. The van der Waals surface area contributed by atoms with E-state index in [2.05, 4.69) is 10.3 Å². The van der Waals surface area contributed by atoms with Crippen LogP contribution in [0.2, 0.25) is 0 Å². The molecule has 1 unspecified atom stereocenters. The van der Waals surface area contributed by atoms with Gasteiger partial charge in [-0.25, -0.2) is 4.98 Å². The zero-order valence-corrected chi connectivity index (χ0v) is 19.6. The average Bonchev–Trinajstić information content (AvgIpc) is 3.60. The van der Waals surface area contributed by atoms with Crippen LogP contribution in [0.3, 0.4) is 0 Å². The fraction of sp³-hybridized carbons (Fsp3) is 0.214. The van der Waals surface area contributed by atoms with Crippen molar-refractivity contribution in [3.8, 4) is 11.5 Å². The third-order valence-electron chi connectivity index (χ3n) is 6.66. The van der Waals surface area contributed by atoms with E-state index in [4.69, 9.17) is 9.15 Å². The lowest BCUT2D eigenvalue weighted by molar-refractivity contribution is 0.0475. The van der Waals surface area contributed by atoms with Crippen molar-refractivity contribution in [2.24, 2.45) is 0 Å². The second-order valence-corrected chi connectivity index (χ2v) is 9.09. The Labute approximate surface area is 206 Å². The van der Waals surface area contributed by atoms with Gasteiger partial charge in [-0.15, -0.1) is 0 Å². The maximum Gasteiger partial charge on any atom is 0.261 e. The van der Waals surface area contributed by atoms with Gasteiger partial charge in [-0.2, -0.15) is 0 Å². The number of hydrogen-bond donors (Lipinski definition) is 1. The van der Waals surface area contributed by atoms with Crippen molar-refractivity contribution in [1.82, 2.24) is 9.88 Å². The van der Waals surface area contributed by atoms with E-state index in [0.717, 1.165) is 24.0 Å². The molecule has 0 radical (unpaired) electrons. The zero-order chi connectivity index (χ0) is 24.8. The molecule has 3 heterocycles. The highest BCUT2D eigenvalue weighted by Gasteiger charge is 2.38. The van der Waals surface area contributed by atoms with Gasteiger partial charge in [0.05, 0.1) is 23.8 Å². The van der Waals surface area contributed by atoms with Gasteiger partial charge in [-0.3, -0.25) is 19.3 Å². The first-order chi connectivity index (χ1) is 17.5. The van der Waals surface area contributed by atoms with Crippen molar-refractivity contribution in [3.63, 3.8) is 0 Å². The summed E-state index contributed by atoms with van der Waals surface area (Å²) in [5, 5.41) is 2.85. The Hall–Kier alpha value is -4.30. The minimum atomic E-state index is -0.395. The molecule has 8 nitrogen and oxygen atoms in total. The van der Waals surface area contributed by atoms with Crippen LogP contribution >= 0.6 is 0 Å². The summed E-state index contributed by atoms with van der Waals surface area (Å²) >= 11 is 0. The Balaban J connectivity index is 1.21. The number of oxazole rings is 1. The Morgan fingerprint density at radius 3 is 2.67 bits per heavy atom. The molecule has 0 saturated carbocycles. The second-order valence-electron chi connectivity index (χ2n) is 9.09. The van der Waals surface area contributed by atoms with Gasteiger partial charge in [-0.1, -0.05) is 18.2 Å². The molecular formula is C28H23N3O5. The number of aromatic nitrogens is 1. The molecule has 1 saturated heterocycles. The van der Waals surface area contributed by atoms with Crippen LogP contribution in [0.5, 0.6) is 0 Å². The van der Waals surface area contributed by atoms with Gasteiger partial charge in [0.1, 0.15) is 5.52 Å². The maximum absolute atomic E-state index is 13.0. The van der Waals surface area contributed by atoms with Gasteiger partial charge >= 0.3 is 0 Å². The number of anilines is 1. The van der Waals surface area contributed by atoms with E-state index in [1.165, 1.54) is 17.0 Å². The van der Waals surface area contributed by atoms with Crippen molar-refractivity contribution in [2.45, 2.75) is 25.9 Å². The van der Waals surface area contributed by atoms with E-state index in [-0.39, 0.29) is 29.7 Å². The maximum atomic E-state index is 13.0. The van der Waals surface area contributed by atoms with Crippen LogP contribution < -0.4 is 5.32 Å². The third kappa shape index (κ3) is 3.85. The summed E-state index contributed by atoms with van der Waals surface area (Å²) in [5.41, 5.74) is 4.56. The molecule has 4 aromatic rings. The summed E-state index contributed by atoms with van der Waals surface area (Å²) in [4.78, 5) is 44.5. The minimum Gasteiger partial charge on any atom is -0.436 e. The van der Waals surface area contributed by atoms with E-state index < -0.39 is 11.8 Å². The number of benzene rings is 3. The van der Waals surface area contributed by atoms with Crippen LogP contribution in [0.25, 0.3) is 22.6 Å². The van der Waals surface area contributed by atoms with Crippen molar-refractivity contribution >= 4 is 34.5 Å². The Morgan fingerprint density at radius 2 is 1.86 bits per heavy atom. The predicted molar refractivity (Wildman–Crippen MR) is 133 cm³/mol. The van der Waals surface area contributed by atoms with Crippen LogP contribution in [0.1, 0.15) is 49.5 Å². The van der Waals surface area contributed by atoms with E-state index in [0.29, 0.717) is 34.8 Å². The number of carbonyl (C=O) groups is 3. The molecule has 1 aromatic heterocycles. The molecule has 3 amide bonds. The van der Waals surface area contributed by atoms with Crippen LogP contribution in [0.15, 0.2) is 65.1 Å².